The molecule has 0 heterocycles. The van der Waals surface area contributed by atoms with Gasteiger partial charge in [-0.15, -0.1) is 0 Å². The number of hydrogen-bond acceptors (Lipinski definition) is 5. The first-order valence-electron chi connectivity index (χ1n) is 10.2. The first-order chi connectivity index (χ1) is 16.2. The van der Waals surface area contributed by atoms with E-state index in [1.807, 2.05) is 0 Å². The molecule has 0 aliphatic heterocycles. The van der Waals surface area contributed by atoms with Gasteiger partial charge in [-0.3, -0.25) is 4.79 Å². The topological polar surface area (TPSA) is 102 Å². The van der Waals surface area contributed by atoms with Gasteiger partial charge < -0.3 is 10.1 Å². The maximum Gasteiger partial charge on any atom is 0.337 e. The SMILES string of the molecule is COC(=O)c1ccc(CNC(=O)C[C@@H](NS(=O)(=O)c2ccc(Cl)cc2)c2ccc(F)cc2)cc1. The Hall–Kier alpha value is -3.27. The Balaban J connectivity index is 1.72. The highest BCUT2D eigenvalue weighted by Crippen LogP contribution is 2.22. The summed E-state index contributed by atoms with van der Waals surface area (Å²) in [5, 5.41) is 3.11. The van der Waals surface area contributed by atoms with E-state index in [0.717, 1.165) is 5.56 Å². The van der Waals surface area contributed by atoms with E-state index in [2.05, 4.69) is 14.8 Å². The van der Waals surface area contributed by atoms with Gasteiger partial charge in [-0.1, -0.05) is 35.9 Å². The van der Waals surface area contributed by atoms with Gasteiger partial charge in [0, 0.05) is 18.0 Å². The average molecular weight is 505 g/mol. The number of carbonyl (C=O) groups is 2. The van der Waals surface area contributed by atoms with Crippen molar-refractivity contribution in [1.29, 1.82) is 0 Å². The average Bonchev–Trinajstić information content (AvgIpc) is 2.83. The third-order valence-corrected chi connectivity index (χ3v) is 6.69. The van der Waals surface area contributed by atoms with E-state index in [1.54, 1.807) is 24.3 Å². The van der Waals surface area contributed by atoms with Crippen molar-refractivity contribution < 1.29 is 27.1 Å². The number of methoxy groups -OCH3 is 1. The van der Waals surface area contributed by atoms with Crippen molar-refractivity contribution in [1.82, 2.24) is 10.0 Å². The van der Waals surface area contributed by atoms with Crippen LogP contribution in [-0.4, -0.2) is 27.4 Å². The molecule has 3 aromatic carbocycles. The van der Waals surface area contributed by atoms with Gasteiger partial charge in [0.2, 0.25) is 15.9 Å². The van der Waals surface area contributed by atoms with Crippen LogP contribution in [0.2, 0.25) is 5.02 Å². The van der Waals surface area contributed by atoms with Crippen molar-refractivity contribution >= 4 is 33.5 Å². The molecular formula is C24H22ClFN2O5S. The van der Waals surface area contributed by atoms with Crippen LogP contribution in [0.5, 0.6) is 0 Å². The van der Waals surface area contributed by atoms with Crippen LogP contribution in [0, 0.1) is 5.82 Å². The van der Waals surface area contributed by atoms with Gasteiger partial charge in [-0.2, -0.15) is 0 Å². The van der Waals surface area contributed by atoms with E-state index in [0.29, 0.717) is 16.1 Å². The first kappa shape index (κ1) is 25.4. The molecule has 3 rings (SSSR count). The lowest BCUT2D eigenvalue weighted by Gasteiger charge is -2.19. The summed E-state index contributed by atoms with van der Waals surface area (Å²) in [5.41, 5.74) is 1.54. The predicted molar refractivity (Wildman–Crippen MR) is 125 cm³/mol. The molecule has 0 radical (unpaired) electrons. The summed E-state index contributed by atoms with van der Waals surface area (Å²) in [5.74, 6) is -1.38. The molecule has 10 heteroatoms. The smallest absolute Gasteiger partial charge is 0.337 e. The number of nitrogens with one attached hydrogen (secondary N) is 2. The van der Waals surface area contributed by atoms with Crippen LogP contribution in [0.4, 0.5) is 4.39 Å². The Kier molecular flexibility index (Phi) is 8.38. The molecule has 3 aromatic rings. The standard InChI is InChI=1S/C24H22ClFN2O5S/c1-33-24(30)18-4-2-16(3-5-18)15-27-23(29)14-22(17-6-10-20(26)11-7-17)28-34(31,32)21-12-8-19(25)9-13-21/h2-13,22,28H,14-15H2,1H3,(H,27,29)/t22-/m1/s1. The molecule has 7 nitrogen and oxygen atoms in total. The summed E-state index contributed by atoms with van der Waals surface area (Å²) in [6, 6.07) is 16.4. The van der Waals surface area contributed by atoms with Crippen molar-refractivity contribution in [2.75, 3.05) is 7.11 Å². The van der Waals surface area contributed by atoms with Crippen molar-refractivity contribution in [2.45, 2.75) is 23.9 Å². The quantitative estimate of drug-likeness (QED) is 0.429. The zero-order valence-electron chi connectivity index (χ0n) is 18.1. The van der Waals surface area contributed by atoms with Crippen LogP contribution < -0.4 is 10.0 Å². The van der Waals surface area contributed by atoms with Crippen LogP contribution in [0.15, 0.2) is 77.7 Å². The monoisotopic (exact) mass is 504 g/mol. The summed E-state index contributed by atoms with van der Waals surface area (Å²) in [6.07, 6.45) is -0.224. The number of halogens is 2. The second-order valence-corrected chi connectivity index (χ2v) is 9.50. The number of ether oxygens (including phenoxy) is 1. The minimum Gasteiger partial charge on any atom is -0.465 e. The number of amides is 1. The van der Waals surface area contributed by atoms with Crippen LogP contribution in [0.25, 0.3) is 0 Å². The van der Waals surface area contributed by atoms with Gasteiger partial charge in [0.25, 0.3) is 0 Å². The van der Waals surface area contributed by atoms with Crippen LogP contribution in [-0.2, 0) is 26.1 Å². The molecular weight excluding hydrogens is 483 g/mol. The Morgan fingerprint density at radius 2 is 1.59 bits per heavy atom. The largest absolute Gasteiger partial charge is 0.465 e. The molecule has 0 saturated heterocycles. The summed E-state index contributed by atoms with van der Waals surface area (Å²) < 4.78 is 46.3. The van der Waals surface area contributed by atoms with E-state index >= 15 is 0 Å². The van der Waals surface area contributed by atoms with Crippen LogP contribution >= 0.6 is 11.6 Å². The lowest BCUT2D eigenvalue weighted by molar-refractivity contribution is -0.121. The zero-order chi connectivity index (χ0) is 24.7. The van der Waals surface area contributed by atoms with E-state index < -0.39 is 33.8 Å². The van der Waals surface area contributed by atoms with Gasteiger partial charge in [-0.05, 0) is 59.7 Å². The molecule has 0 bridgehead atoms. The minimum absolute atomic E-state index is 0.0184. The molecule has 0 aromatic heterocycles. The molecule has 0 spiro atoms. The number of hydrogen-bond donors (Lipinski definition) is 2. The summed E-state index contributed by atoms with van der Waals surface area (Å²) >= 11 is 5.84. The van der Waals surface area contributed by atoms with Gasteiger partial charge in [0.05, 0.1) is 23.6 Å². The highest BCUT2D eigenvalue weighted by molar-refractivity contribution is 7.89. The van der Waals surface area contributed by atoms with Gasteiger partial charge in [-0.25, -0.2) is 22.3 Å². The molecule has 1 atom stereocenters. The molecule has 0 aliphatic rings. The third-order valence-electron chi connectivity index (χ3n) is 4.95. The number of carbonyl (C=O) groups excluding carboxylic acids is 2. The van der Waals surface area contributed by atoms with Gasteiger partial charge in [0.15, 0.2) is 0 Å². The lowest BCUT2D eigenvalue weighted by atomic mass is 10.0. The Morgan fingerprint density at radius 3 is 2.18 bits per heavy atom. The second kappa shape index (κ2) is 11.2. The third kappa shape index (κ3) is 6.86. The zero-order valence-corrected chi connectivity index (χ0v) is 19.7. The highest BCUT2D eigenvalue weighted by Gasteiger charge is 2.24. The summed E-state index contributed by atoms with van der Waals surface area (Å²) in [4.78, 5) is 24.1. The highest BCUT2D eigenvalue weighted by atomic mass is 35.5. The van der Waals surface area contributed by atoms with Gasteiger partial charge >= 0.3 is 5.97 Å². The fraction of sp³-hybridized carbons (Fsp3) is 0.167. The predicted octanol–water partition coefficient (Wildman–Crippen LogP) is 3.99. The van der Waals surface area contributed by atoms with Crippen molar-refractivity contribution in [3.8, 4) is 0 Å². The Labute approximate surface area is 202 Å². The fourth-order valence-corrected chi connectivity index (χ4v) is 4.48. The van der Waals surface area contributed by atoms with E-state index in [1.165, 1.54) is 55.6 Å². The van der Waals surface area contributed by atoms with Crippen LogP contribution in [0.3, 0.4) is 0 Å². The van der Waals surface area contributed by atoms with Gasteiger partial charge in [0.1, 0.15) is 5.82 Å². The van der Waals surface area contributed by atoms with Crippen molar-refractivity contribution in [3.63, 3.8) is 0 Å². The maximum atomic E-state index is 13.4. The molecule has 1 amide bonds. The molecule has 0 fully saturated rings. The molecule has 0 saturated carbocycles. The van der Waals surface area contributed by atoms with Crippen LogP contribution in [0.1, 0.15) is 33.9 Å². The van der Waals surface area contributed by atoms with E-state index in [9.17, 15) is 22.4 Å². The van der Waals surface area contributed by atoms with Crippen molar-refractivity contribution in [2.24, 2.45) is 0 Å². The maximum absolute atomic E-state index is 13.4. The number of sulfonamides is 1. The number of esters is 1. The first-order valence-corrected chi connectivity index (χ1v) is 12.0. The molecule has 178 valence electrons. The second-order valence-electron chi connectivity index (χ2n) is 7.35. The summed E-state index contributed by atoms with van der Waals surface area (Å²) in [7, 11) is -2.70. The van der Waals surface area contributed by atoms with E-state index in [4.69, 9.17) is 11.6 Å². The molecule has 0 unspecified atom stereocenters. The normalized spacial score (nSPS) is 12.1. The fourth-order valence-electron chi connectivity index (χ4n) is 3.13. The minimum atomic E-state index is -3.99. The molecule has 34 heavy (non-hydrogen) atoms. The Morgan fingerprint density at radius 1 is 0.971 bits per heavy atom. The lowest BCUT2D eigenvalue weighted by Crippen LogP contribution is -2.33. The molecule has 0 aliphatic carbocycles. The van der Waals surface area contributed by atoms with Crippen molar-refractivity contribution in [3.05, 3.63) is 100 Å². The molecule has 2 N–H and O–H groups in total. The Bertz CT molecular complexity index is 1250. The summed E-state index contributed by atoms with van der Waals surface area (Å²) in [6.45, 7) is 0.167. The number of rotatable bonds is 9. The van der Waals surface area contributed by atoms with E-state index in [-0.39, 0.29) is 17.9 Å². The number of benzene rings is 3.